The maximum absolute atomic E-state index is 13.6. The van der Waals surface area contributed by atoms with Gasteiger partial charge in [0.25, 0.3) is 11.8 Å². The first kappa shape index (κ1) is 24.9. The third-order valence-electron chi connectivity index (χ3n) is 6.08. The minimum atomic E-state index is -0.372. The minimum absolute atomic E-state index is 0.143. The lowest BCUT2D eigenvalue weighted by atomic mass is 10.0. The van der Waals surface area contributed by atoms with Crippen molar-refractivity contribution in [2.24, 2.45) is 0 Å². The Kier molecular flexibility index (Phi) is 7.32. The molecule has 8 heteroatoms. The monoisotopic (exact) mass is 498 g/mol. The van der Waals surface area contributed by atoms with E-state index in [1.54, 1.807) is 25.0 Å². The Hall–Kier alpha value is -4.22. The number of anilines is 1. The fraction of sp³-hybridized carbons (Fsp3) is 0.214. The van der Waals surface area contributed by atoms with E-state index >= 15 is 0 Å². The molecule has 7 nitrogen and oxygen atoms in total. The number of thiophene rings is 1. The molecule has 0 spiro atoms. The van der Waals surface area contributed by atoms with Gasteiger partial charge in [-0.05, 0) is 62.7 Å². The molecule has 36 heavy (non-hydrogen) atoms. The van der Waals surface area contributed by atoms with Crippen molar-refractivity contribution in [3.63, 3.8) is 0 Å². The van der Waals surface area contributed by atoms with Crippen LogP contribution < -0.4 is 10.1 Å². The second-order valence-electron chi connectivity index (χ2n) is 8.10. The smallest absolute Gasteiger partial charge is 0.264 e. The molecule has 0 atom stereocenters. The predicted molar refractivity (Wildman–Crippen MR) is 143 cm³/mol. The molecule has 2 aromatic carbocycles. The number of nitrogens with zero attached hydrogens (tertiary/aromatic N) is 3. The normalized spacial score (nSPS) is 10.6. The second kappa shape index (κ2) is 10.6. The number of carbonyl (C=O) groups excluding carboxylic acids is 2. The van der Waals surface area contributed by atoms with Crippen LogP contribution in [0.1, 0.15) is 45.0 Å². The van der Waals surface area contributed by atoms with E-state index in [1.807, 2.05) is 62.4 Å². The zero-order valence-electron chi connectivity index (χ0n) is 20.6. The van der Waals surface area contributed by atoms with Crippen molar-refractivity contribution in [1.82, 2.24) is 9.88 Å². The summed E-state index contributed by atoms with van der Waals surface area (Å²) in [4.78, 5) is 33.4. The van der Waals surface area contributed by atoms with E-state index in [0.29, 0.717) is 56.3 Å². The Morgan fingerprint density at radius 1 is 1.11 bits per heavy atom. The van der Waals surface area contributed by atoms with Crippen LogP contribution in [0.4, 0.5) is 5.00 Å². The number of benzene rings is 2. The van der Waals surface area contributed by atoms with Crippen LogP contribution in [0.3, 0.4) is 0 Å². The van der Waals surface area contributed by atoms with Gasteiger partial charge in [0.05, 0.1) is 34.3 Å². The molecule has 0 fully saturated rings. The first-order valence-corrected chi connectivity index (χ1v) is 12.4. The van der Waals surface area contributed by atoms with Crippen LogP contribution in [0.5, 0.6) is 5.75 Å². The van der Waals surface area contributed by atoms with E-state index < -0.39 is 0 Å². The first-order chi connectivity index (χ1) is 17.4. The summed E-state index contributed by atoms with van der Waals surface area (Å²) in [7, 11) is 1.61. The van der Waals surface area contributed by atoms with E-state index in [9.17, 15) is 14.9 Å². The predicted octanol–water partition coefficient (Wildman–Crippen LogP) is 5.89. The molecule has 0 bridgehead atoms. The number of aromatic nitrogens is 1. The number of rotatable bonds is 7. The van der Waals surface area contributed by atoms with Gasteiger partial charge in [0, 0.05) is 24.0 Å². The largest absolute Gasteiger partial charge is 0.497 e. The van der Waals surface area contributed by atoms with Crippen LogP contribution >= 0.6 is 11.3 Å². The highest BCUT2D eigenvalue weighted by atomic mass is 32.1. The molecule has 0 aliphatic heterocycles. The fourth-order valence-corrected chi connectivity index (χ4v) is 5.16. The zero-order valence-corrected chi connectivity index (χ0v) is 21.4. The van der Waals surface area contributed by atoms with Crippen LogP contribution in [0.25, 0.3) is 22.2 Å². The van der Waals surface area contributed by atoms with Crippen LogP contribution in [0.2, 0.25) is 0 Å². The van der Waals surface area contributed by atoms with Gasteiger partial charge in [0.2, 0.25) is 0 Å². The molecule has 2 heterocycles. The molecular weight excluding hydrogens is 472 g/mol. The molecular formula is C28H26N4O3S. The summed E-state index contributed by atoms with van der Waals surface area (Å²) < 4.78 is 5.25. The number of para-hydroxylation sites is 1. The molecule has 4 rings (SSSR count). The van der Waals surface area contributed by atoms with Gasteiger partial charge in [-0.25, -0.2) is 4.98 Å². The third-order valence-corrected chi connectivity index (χ3v) is 7.27. The topological polar surface area (TPSA) is 95.3 Å². The summed E-state index contributed by atoms with van der Waals surface area (Å²) in [5.74, 6) is 0.211. The van der Waals surface area contributed by atoms with E-state index in [2.05, 4.69) is 11.4 Å². The van der Waals surface area contributed by atoms with Gasteiger partial charge in [-0.15, -0.1) is 11.3 Å². The molecule has 2 aromatic heterocycles. The summed E-state index contributed by atoms with van der Waals surface area (Å²) in [6.07, 6.45) is 0. The molecule has 182 valence electrons. The lowest BCUT2D eigenvalue weighted by Crippen LogP contribution is -2.30. The number of fused-ring (bicyclic) bond motifs is 1. The maximum atomic E-state index is 13.6. The van der Waals surface area contributed by atoms with Crippen molar-refractivity contribution in [1.29, 1.82) is 5.26 Å². The van der Waals surface area contributed by atoms with Gasteiger partial charge in [0.1, 0.15) is 16.8 Å². The third kappa shape index (κ3) is 4.66. The van der Waals surface area contributed by atoms with Gasteiger partial charge in [-0.1, -0.05) is 18.2 Å². The Morgan fingerprint density at radius 3 is 2.44 bits per heavy atom. The molecule has 0 aliphatic rings. The summed E-state index contributed by atoms with van der Waals surface area (Å²) in [5.41, 5.74) is 3.47. The molecule has 1 N–H and O–H groups in total. The number of ether oxygens (including phenoxy) is 1. The average Bonchev–Trinajstić information content (AvgIpc) is 3.22. The highest BCUT2D eigenvalue weighted by Gasteiger charge is 2.25. The number of carbonyl (C=O) groups is 2. The molecule has 0 aliphatic carbocycles. The van der Waals surface area contributed by atoms with Crippen LogP contribution in [-0.2, 0) is 0 Å². The zero-order chi connectivity index (χ0) is 25.8. The average molecular weight is 499 g/mol. The number of hydrogen-bond donors (Lipinski definition) is 1. The van der Waals surface area contributed by atoms with E-state index in [0.717, 1.165) is 22.6 Å². The van der Waals surface area contributed by atoms with Crippen LogP contribution in [0.15, 0.2) is 54.6 Å². The Bertz CT molecular complexity index is 1480. The Labute approximate surface area is 214 Å². The van der Waals surface area contributed by atoms with Gasteiger partial charge in [-0.2, -0.15) is 5.26 Å². The van der Waals surface area contributed by atoms with Crippen LogP contribution in [0, 0.1) is 18.3 Å². The van der Waals surface area contributed by atoms with Crippen molar-refractivity contribution in [2.45, 2.75) is 20.8 Å². The standard InChI is InChI=1S/C28H26N4O3S/c1-5-32(6-2)28(34)25-17(3)22(16-29)27(36-25)31-26(33)21-15-24(18-11-13-19(35-4)14-12-18)30-23-10-8-7-9-20(21)23/h7-15H,5-6H2,1-4H3,(H,31,33). The van der Waals surface area contributed by atoms with Gasteiger partial charge in [-0.3, -0.25) is 9.59 Å². The Morgan fingerprint density at radius 2 is 1.81 bits per heavy atom. The fourth-order valence-electron chi connectivity index (χ4n) is 4.04. The van der Waals surface area contributed by atoms with Crippen LogP contribution in [-0.4, -0.2) is 41.9 Å². The molecule has 0 unspecified atom stereocenters. The number of pyridine rings is 1. The van der Waals surface area contributed by atoms with E-state index in [1.165, 1.54) is 0 Å². The van der Waals surface area contributed by atoms with Gasteiger partial charge < -0.3 is 15.0 Å². The number of nitrogens with one attached hydrogen (secondary N) is 1. The number of methoxy groups -OCH3 is 1. The maximum Gasteiger partial charge on any atom is 0.264 e. The summed E-state index contributed by atoms with van der Waals surface area (Å²) in [6.45, 7) is 6.69. The SMILES string of the molecule is CCN(CC)C(=O)c1sc(NC(=O)c2cc(-c3ccc(OC)cc3)nc3ccccc23)c(C#N)c1C. The molecule has 4 aromatic rings. The van der Waals surface area contributed by atoms with Gasteiger partial charge >= 0.3 is 0 Å². The van der Waals surface area contributed by atoms with Crippen molar-refractivity contribution in [2.75, 3.05) is 25.5 Å². The van der Waals surface area contributed by atoms with Gasteiger partial charge in [0.15, 0.2) is 0 Å². The summed E-state index contributed by atoms with van der Waals surface area (Å²) in [6, 6.07) is 18.8. The Balaban J connectivity index is 1.76. The van der Waals surface area contributed by atoms with Crippen molar-refractivity contribution in [3.05, 3.63) is 76.2 Å². The highest BCUT2D eigenvalue weighted by Crippen LogP contribution is 2.34. The van der Waals surface area contributed by atoms with E-state index in [-0.39, 0.29) is 11.8 Å². The quantitative estimate of drug-likeness (QED) is 0.343. The molecule has 0 radical (unpaired) electrons. The number of hydrogen-bond acceptors (Lipinski definition) is 6. The highest BCUT2D eigenvalue weighted by molar-refractivity contribution is 7.18. The molecule has 2 amide bonds. The number of amides is 2. The summed E-state index contributed by atoms with van der Waals surface area (Å²) >= 11 is 1.14. The second-order valence-corrected chi connectivity index (χ2v) is 9.13. The minimum Gasteiger partial charge on any atom is -0.497 e. The van der Waals surface area contributed by atoms with Crippen molar-refractivity contribution in [3.8, 4) is 23.1 Å². The lowest BCUT2D eigenvalue weighted by Gasteiger charge is -2.17. The lowest BCUT2D eigenvalue weighted by molar-refractivity contribution is 0.0777. The molecule has 0 saturated heterocycles. The van der Waals surface area contributed by atoms with E-state index in [4.69, 9.17) is 9.72 Å². The van der Waals surface area contributed by atoms with Crippen molar-refractivity contribution >= 4 is 39.1 Å². The molecule has 0 saturated carbocycles. The first-order valence-electron chi connectivity index (χ1n) is 11.6. The van der Waals surface area contributed by atoms with Crippen molar-refractivity contribution < 1.29 is 14.3 Å². The number of nitriles is 1. The summed E-state index contributed by atoms with van der Waals surface area (Å²) in [5, 5.41) is 13.8.